The van der Waals surface area contributed by atoms with Gasteiger partial charge in [-0.15, -0.1) is 0 Å². The van der Waals surface area contributed by atoms with Crippen LogP contribution < -0.4 is 0 Å². The molecule has 1 aliphatic heterocycles. The molecule has 0 saturated carbocycles. The number of nitrogens with zero attached hydrogens (tertiary/aromatic N) is 4. The molecular formula is C22H19FN4O. The van der Waals surface area contributed by atoms with Gasteiger partial charge in [0.15, 0.2) is 0 Å². The van der Waals surface area contributed by atoms with Crippen LogP contribution in [0.4, 0.5) is 4.39 Å². The van der Waals surface area contributed by atoms with Crippen LogP contribution in [0.5, 0.6) is 0 Å². The van der Waals surface area contributed by atoms with Crippen molar-refractivity contribution < 1.29 is 9.18 Å². The Morgan fingerprint density at radius 3 is 2.61 bits per heavy atom. The van der Waals surface area contributed by atoms with Crippen molar-refractivity contribution in [2.45, 2.75) is 12.8 Å². The lowest BCUT2D eigenvalue weighted by molar-refractivity contribution is 0.0758. The Morgan fingerprint density at radius 2 is 1.89 bits per heavy atom. The van der Waals surface area contributed by atoms with Crippen molar-refractivity contribution in [3.05, 3.63) is 76.7 Å². The molecule has 0 bridgehead atoms. The van der Waals surface area contributed by atoms with E-state index in [-0.39, 0.29) is 17.0 Å². The second kappa shape index (κ2) is 7.28. The second-order valence-corrected chi connectivity index (χ2v) is 6.86. The molecule has 2 aromatic carbocycles. The highest BCUT2D eigenvalue weighted by Gasteiger charge is 2.26. The zero-order valence-electron chi connectivity index (χ0n) is 15.5. The number of aryl methyl sites for hydroxylation is 1. The van der Waals surface area contributed by atoms with Crippen LogP contribution in [0.25, 0.3) is 11.3 Å². The number of amides is 1. The molecule has 28 heavy (non-hydrogen) atoms. The third kappa shape index (κ3) is 3.16. The van der Waals surface area contributed by atoms with E-state index in [4.69, 9.17) is 5.26 Å². The van der Waals surface area contributed by atoms with Crippen molar-refractivity contribution in [3.8, 4) is 17.3 Å². The summed E-state index contributed by atoms with van der Waals surface area (Å²) in [6, 6.07) is 15.9. The van der Waals surface area contributed by atoms with Crippen LogP contribution in [0.2, 0.25) is 0 Å². The summed E-state index contributed by atoms with van der Waals surface area (Å²) in [5, 5.41) is 13.5. The standard InChI is InChI=1S/C22H19FN4O/c1-26-21(16-5-3-2-4-6-16)18-9-11-27(12-10-20(18)25-26)22(28)17-8-7-15(14-24)13-19(17)23/h2-8,13H,9-12H2,1H3. The molecule has 0 N–H and O–H groups in total. The fourth-order valence-electron chi connectivity index (χ4n) is 3.78. The molecular weight excluding hydrogens is 355 g/mol. The lowest BCUT2D eigenvalue weighted by Gasteiger charge is -2.21. The minimum Gasteiger partial charge on any atom is -0.338 e. The van der Waals surface area contributed by atoms with Gasteiger partial charge in [-0.1, -0.05) is 30.3 Å². The Labute approximate surface area is 162 Å². The van der Waals surface area contributed by atoms with E-state index in [2.05, 4.69) is 17.2 Å². The number of hydrogen-bond acceptors (Lipinski definition) is 3. The molecule has 1 aliphatic rings. The van der Waals surface area contributed by atoms with Crippen LogP contribution in [0, 0.1) is 17.1 Å². The topological polar surface area (TPSA) is 61.9 Å². The van der Waals surface area contributed by atoms with Gasteiger partial charge in [0, 0.05) is 37.7 Å². The summed E-state index contributed by atoms with van der Waals surface area (Å²) >= 11 is 0. The number of carbonyl (C=O) groups is 1. The molecule has 2 heterocycles. The molecule has 0 aliphatic carbocycles. The highest BCUT2D eigenvalue weighted by Crippen LogP contribution is 2.29. The first kappa shape index (κ1) is 17.9. The lowest BCUT2D eigenvalue weighted by atomic mass is 10.0. The lowest BCUT2D eigenvalue weighted by Crippen LogP contribution is -2.34. The molecule has 0 unspecified atom stereocenters. The Hall–Kier alpha value is -3.46. The van der Waals surface area contributed by atoms with Crippen LogP contribution in [0.3, 0.4) is 0 Å². The van der Waals surface area contributed by atoms with E-state index in [1.54, 1.807) is 4.90 Å². The number of rotatable bonds is 2. The number of aromatic nitrogens is 2. The molecule has 3 aromatic rings. The highest BCUT2D eigenvalue weighted by atomic mass is 19.1. The van der Waals surface area contributed by atoms with E-state index in [0.29, 0.717) is 25.9 Å². The van der Waals surface area contributed by atoms with Crippen molar-refractivity contribution in [1.29, 1.82) is 5.26 Å². The number of fused-ring (bicyclic) bond motifs is 1. The maximum atomic E-state index is 14.3. The van der Waals surface area contributed by atoms with Gasteiger partial charge in [-0.05, 0) is 24.6 Å². The van der Waals surface area contributed by atoms with Crippen molar-refractivity contribution in [1.82, 2.24) is 14.7 Å². The van der Waals surface area contributed by atoms with Crippen molar-refractivity contribution in [2.75, 3.05) is 13.1 Å². The first-order valence-corrected chi connectivity index (χ1v) is 9.17. The van der Waals surface area contributed by atoms with E-state index in [0.717, 1.165) is 28.6 Å². The number of benzene rings is 2. The monoisotopic (exact) mass is 374 g/mol. The summed E-state index contributed by atoms with van der Waals surface area (Å²) in [6.07, 6.45) is 1.29. The first-order valence-electron chi connectivity index (χ1n) is 9.17. The van der Waals surface area contributed by atoms with Crippen molar-refractivity contribution in [3.63, 3.8) is 0 Å². The predicted molar refractivity (Wildman–Crippen MR) is 103 cm³/mol. The van der Waals surface area contributed by atoms with Gasteiger partial charge < -0.3 is 4.90 Å². The number of hydrogen-bond donors (Lipinski definition) is 0. The smallest absolute Gasteiger partial charge is 0.256 e. The average molecular weight is 374 g/mol. The van der Waals surface area contributed by atoms with Crippen LogP contribution in [0.15, 0.2) is 48.5 Å². The Kier molecular flexibility index (Phi) is 4.66. The van der Waals surface area contributed by atoms with Gasteiger partial charge in [0.25, 0.3) is 5.91 Å². The summed E-state index contributed by atoms with van der Waals surface area (Å²) in [7, 11) is 1.94. The minimum absolute atomic E-state index is 0.00220. The summed E-state index contributed by atoms with van der Waals surface area (Å²) < 4.78 is 16.2. The first-order chi connectivity index (χ1) is 13.6. The van der Waals surface area contributed by atoms with Gasteiger partial charge in [0.2, 0.25) is 0 Å². The molecule has 0 atom stereocenters. The van der Waals surface area contributed by atoms with Crippen LogP contribution in [-0.2, 0) is 19.9 Å². The van der Waals surface area contributed by atoms with Gasteiger partial charge in [-0.3, -0.25) is 9.48 Å². The maximum absolute atomic E-state index is 14.3. The molecule has 4 rings (SSSR count). The van der Waals surface area contributed by atoms with Crippen LogP contribution in [-0.4, -0.2) is 33.7 Å². The highest BCUT2D eigenvalue weighted by molar-refractivity contribution is 5.94. The van der Waals surface area contributed by atoms with Gasteiger partial charge in [-0.25, -0.2) is 4.39 Å². The van der Waals surface area contributed by atoms with Crippen LogP contribution >= 0.6 is 0 Å². The average Bonchev–Trinajstić information content (AvgIpc) is 2.89. The second-order valence-electron chi connectivity index (χ2n) is 6.86. The van der Waals surface area contributed by atoms with Crippen molar-refractivity contribution in [2.24, 2.45) is 7.05 Å². The largest absolute Gasteiger partial charge is 0.338 e. The van der Waals surface area contributed by atoms with E-state index in [9.17, 15) is 9.18 Å². The quantitative estimate of drug-likeness (QED) is 0.691. The molecule has 5 nitrogen and oxygen atoms in total. The third-order valence-electron chi connectivity index (χ3n) is 5.14. The summed E-state index contributed by atoms with van der Waals surface area (Å²) in [6.45, 7) is 0.979. The molecule has 1 amide bonds. The van der Waals surface area contributed by atoms with Crippen LogP contribution in [0.1, 0.15) is 27.2 Å². The van der Waals surface area contributed by atoms with E-state index >= 15 is 0 Å². The zero-order chi connectivity index (χ0) is 19.7. The number of carbonyl (C=O) groups excluding carboxylic acids is 1. The molecule has 0 radical (unpaired) electrons. The summed E-state index contributed by atoms with van der Waals surface area (Å²) in [5.41, 5.74) is 4.49. The fourth-order valence-corrected chi connectivity index (χ4v) is 3.78. The molecule has 0 fully saturated rings. The van der Waals surface area contributed by atoms with E-state index in [1.165, 1.54) is 12.1 Å². The third-order valence-corrected chi connectivity index (χ3v) is 5.14. The van der Waals surface area contributed by atoms with Gasteiger partial charge in [0.05, 0.1) is 28.6 Å². The number of nitriles is 1. The molecule has 1 aromatic heterocycles. The normalized spacial score (nSPS) is 13.5. The number of halogens is 1. The van der Waals surface area contributed by atoms with Gasteiger partial charge in [0.1, 0.15) is 5.82 Å². The molecule has 6 heteroatoms. The SMILES string of the molecule is Cn1nc2c(c1-c1ccccc1)CCN(C(=O)c1ccc(C#N)cc1F)CC2. The molecule has 0 spiro atoms. The molecule has 0 saturated heterocycles. The Bertz CT molecular complexity index is 1080. The van der Waals surface area contributed by atoms with Gasteiger partial charge in [-0.2, -0.15) is 10.4 Å². The maximum Gasteiger partial charge on any atom is 0.256 e. The Balaban J connectivity index is 1.60. The molecule has 140 valence electrons. The zero-order valence-corrected chi connectivity index (χ0v) is 15.5. The van der Waals surface area contributed by atoms with Crippen molar-refractivity contribution >= 4 is 5.91 Å². The van der Waals surface area contributed by atoms with E-state index < -0.39 is 5.82 Å². The Morgan fingerprint density at radius 1 is 1.14 bits per heavy atom. The predicted octanol–water partition coefficient (Wildman–Crippen LogP) is 3.34. The van der Waals surface area contributed by atoms with Gasteiger partial charge >= 0.3 is 0 Å². The summed E-state index contributed by atoms with van der Waals surface area (Å²) in [5.74, 6) is -1.01. The fraction of sp³-hybridized carbons (Fsp3) is 0.227. The summed E-state index contributed by atoms with van der Waals surface area (Å²) in [4.78, 5) is 14.5. The van der Waals surface area contributed by atoms with E-state index in [1.807, 2.05) is 36.0 Å². The minimum atomic E-state index is -0.658.